The Labute approximate surface area is 183 Å². The van der Waals surface area contributed by atoms with Gasteiger partial charge in [0.15, 0.2) is 11.5 Å². The monoisotopic (exact) mass is 448 g/mol. The second kappa shape index (κ2) is 9.44. The molecule has 8 nitrogen and oxygen atoms in total. The second-order valence-electron chi connectivity index (χ2n) is 7.65. The number of nitrogens with zero attached hydrogens (tertiary/aromatic N) is 2. The van der Waals surface area contributed by atoms with Gasteiger partial charge in [-0.15, -0.1) is 0 Å². The maximum absolute atomic E-state index is 12.9. The van der Waals surface area contributed by atoms with Crippen LogP contribution in [0, 0.1) is 0 Å². The molecule has 1 N–H and O–H groups in total. The SMILES string of the molecule is COc1ccc(S(=O)(=O)N2CCN(C[C@H](O)c3ccc4c(c3)OCCCO4)CC2)cc1. The van der Waals surface area contributed by atoms with Gasteiger partial charge in [0, 0.05) is 39.1 Å². The van der Waals surface area contributed by atoms with E-state index in [1.807, 2.05) is 18.2 Å². The Balaban J connectivity index is 1.35. The molecule has 0 radical (unpaired) electrons. The van der Waals surface area contributed by atoms with Gasteiger partial charge in [-0.1, -0.05) is 6.07 Å². The smallest absolute Gasteiger partial charge is 0.243 e. The molecule has 0 spiro atoms. The lowest BCUT2D eigenvalue weighted by atomic mass is 10.1. The number of piperazine rings is 1. The van der Waals surface area contributed by atoms with E-state index in [9.17, 15) is 13.5 Å². The van der Waals surface area contributed by atoms with Crippen LogP contribution in [0.4, 0.5) is 0 Å². The first kappa shape index (κ1) is 21.9. The molecule has 4 rings (SSSR count). The fraction of sp³-hybridized carbons (Fsp3) is 0.455. The molecule has 0 unspecified atom stereocenters. The first-order chi connectivity index (χ1) is 15.0. The summed E-state index contributed by atoms with van der Waals surface area (Å²) in [6.45, 7) is 3.50. The van der Waals surface area contributed by atoms with E-state index in [1.165, 1.54) is 4.31 Å². The molecule has 1 saturated heterocycles. The zero-order chi connectivity index (χ0) is 21.8. The third-order valence-corrected chi connectivity index (χ3v) is 7.53. The highest BCUT2D eigenvalue weighted by molar-refractivity contribution is 7.89. The van der Waals surface area contributed by atoms with Crippen LogP contribution in [0.25, 0.3) is 0 Å². The summed E-state index contributed by atoms with van der Waals surface area (Å²) in [5.41, 5.74) is 0.762. The number of ether oxygens (including phenoxy) is 3. The topological polar surface area (TPSA) is 88.5 Å². The van der Waals surface area contributed by atoms with Crippen LogP contribution in [-0.4, -0.2) is 75.8 Å². The lowest BCUT2D eigenvalue weighted by Crippen LogP contribution is -2.49. The highest BCUT2D eigenvalue weighted by Gasteiger charge is 2.29. The number of benzene rings is 2. The van der Waals surface area contributed by atoms with Gasteiger partial charge >= 0.3 is 0 Å². The predicted molar refractivity (Wildman–Crippen MR) is 115 cm³/mol. The average Bonchev–Trinajstić information content (AvgIpc) is 3.04. The second-order valence-corrected chi connectivity index (χ2v) is 9.59. The standard InChI is InChI=1S/C22H28N2O6S/c1-28-18-4-6-19(7-5-18)31(26,27)24-11-9-23(10-12-24)16-20(25)17-3-8-21-22(15-17)30-14-2-13-29-21/h3-8,15,20,25H,2,9-14,16H2,1H3/t20-/m0/s1. The van der Waals surface area contributed by atoms with Crippen molar-refractivity contribution in [2.45, 2.75) is 17.4 Å². The highest BCUT2D eigenvalue weighted by Crippen LogP contribution is 2.32. The lowest BCUT2D eigenvalue weighted by Gasteiger charge is -2.35. The minimum absolute atomic E-state index is 0.258. The minimum Gasteiger partial charge on any atom is -0.497 e. The molecule has 168 valence electrons. The van der Waals surface area contributed by atoms with Crippen molar-refractivity contribution in [2.75, 3.05) is 53.0 Å². The van der Waals surface area contributed by atoms with Crippen molar-refractivity contribution >= 4 is 10.0 Å². The van der Waals surface area contributed by atoms with Crippen LogP contribution in [-0.2, 0) is 10.0 Å². The Bertz CT molecular complexity index is 988. The number of β-amino-alcohol motifs (C(OH)–C–C–N with tert-alkyl or cyclic N) is 1. The van der Waals surface area contributed by atoms with Crippen molar-refractivity contribution in [3.63, 3.8) is 0 Å². The molecule has 2 aliphatic rings. The molecule has 0 aromatic heterocycles. The molecule has 1 atom stereocenters. The summed E-state index contributed by atoms with van der Waals surface area (Å²) in [5, 5.41) is 10.7. The van der Waals surface area contributed by atoms with E-state index in [4.69, 9.17) is 14.2 Å². The van der Waals surface area contributed by atoms with Crippen molar-refractivity contribution in [3.8, 4) is 17.2 Å². The fourth-order valence-electron chi connectivity index (χ4n) is 3.79. The number of rotatable bonds is 6. The van der Waals surface area contributed by atoms with Gasteiger partial charge in [-0.05, 0) is 42.0 Å². The highest BCUT2D eigenvalue weighted by atomic mass is 32.2. The average molecular weight is 449 g/mol. The van der Waals surface area contributed by atoms with E-state index in [1.54, 1.807) is 31.4 Å². The minimum atomic E-state index is -3.55. The summed E-state index contributed by atoms with van der Waals surface area (Å²) >= 11 is 0. The quantitative estimate of drug-likeness (QED) is 0.722. The zero-order valence-corrected chi connectivity index (χ0v) is 18.4. The maximum Gasteiger partial charge on any atom is 0.243 e. The van der Waals surface area contributed by atoms with E-state index in [2.05, 4.69) is 4.90 Å². The Hall–Kier alpha value is -2.33. The van der Waals surface area contributed by atoms with E-state index in [0.29, 0.717) is 63.2 Å². The number of hydrogen-bond acceptors (Lipinski definition) is 7. The molecule has 2 aromatic rings. The third-order valence-electron chi connectivity index (χ3n) is 5.62. The van der Waals surface area contributed by atoms with E-state index in [0.717, 1.165) is 12.0 Å². The lowest BCUT2D eigenvalue weighted by molar-refractivity contribution is 0.0919. The van der Waals surface area contributed by atoms with Crippen molar-refractivity contribution in [1.82, 2.24) is 9.21 Å². The van der Waals surface area contributed by atoms with Gasteiger partial charge in [0.05, 0.1) is 31.3 Å². The van der Waals surface area contributed by atoms with E-state index < -0.39 is 16.1 Å². The molecule has 2 aromatic carbocycles. The number of fused-ring (bicyclic) bond motifs is 1. The van der Waals surface area contributed by atoms with E-state index >= 15 is 0 Å². The predicted octanol–water partition coefficient (Wildman–Crippen LogP) is 1.90. The molecule has 0 bridgehead atoms. The summed E-state index contributed by atoms with van der Waals surface area (Å²) in [7, 11) is -2.00. The third kappa shape index (κ3) is 4.95. The Kier molecular flexibility index (Phi) is 6.66. The summed E-state index contributed by atoms with van der Waals surface area (Å²) in [6.07, 6.45) is 0.137. The Morgan fingerprint density at radius 1 is 1.00 bits per heavy atom. The van der Waals surface area contributed by atoms with Gasteiger partial charge in [-0.2, -0.15) is 4.31 Å². The normalized spacial score (nSPS) is 18.9. The van der Waals surface area contributed by atoms with Crippen LogP contribution in [0.5, 0.6) is 17.2 Å². The first-order valence-corrected chi connectivity index (χ1v) is 11.9. The van der Waals surface area contributed by atoms with Gasteiger partial charge in [0.1, 0.15) is 5.75 Å². The summed E-state index contributed by atoms with van der Waals surface area (Å²) < 4.78 is 43.7. The van der Waals surface area contributed by atoms with Gasteiger partial charge in [0.25, 0.3) is 0 Å². The molecular formula is C22H28N2O6S. The van der Waals surface area contributed by atoms with Crippen molar-refractivity contribution in [1.29, 1.82) is 0 Å². The zero-order valence-electron chi connectivity index (χ0n) is 17.6. The van der Waals surface area contributed by atoms with Crippen LogP contribution in [0.15, 0.2) is 47.4 Å². The Morgan fingerprint density at radius 2 is 1.68 bits per heavy atom. The molecule has 0 amide bonds. The Morgan fingerprint density at radius 3 is 2.35 bits per heavy atom. The molecule has 9 heteroatoms. The molecule has 0 aliphatic carbocycles. The summed E-state index contributed by atoms with van der Waals surface area (Å²) in [5.74, 6) is 1.97. The molecule has 31 heavy (non-hydrogen) atoms. The molecule has 2 aliphatic heterocycles. The first-order valence-electron chi connectivity index (χ1n) is 10.4. The molecule has 1 fully saturated rings. The number of hydrogen-bond donors (Lipinski definition) is 1. The summed E-state index contributed by atoms with van der Waals surface area (Å²) in [6, 6.07) is 11.9. The largest absolute Gasteiger partial charge is 0.497 e. The van der Waals surface area contributed by atoms with Crippen LogP contribution in [0.1, 0.15) is 18.1 Å². The van der Waals surface area contributed by atoms with Crippen molar-refractivity contribution in [3.05, 3.63) is 48.0 Å². The molecule has 2 heterocycles. The van der Waals surface area contributed by atoms with Crippen LogP contribution < -0.4 is 14.2 Å². The molecular weight excluding hydrogens is 420 g/mol. The van der Waals surface area contributed by atoms with Gasteiger partial charge in [-0.3, -0.25) is 4.90 Å². The van der Waals surface area contributed by atoms with Gasteiger partial charge in [-0.25, -0.2) is 8.42 Å². The maximum atomic E-state index is 12.9. The van der Waals surface area contributed by atoms with Crippen molar-refractivity contribution in [2.24, 2.45) is 0 Å². The van der Waals surface area contributed by atoms with E-state index in [-0.39, 0.29) is 4.90 Å². The van der Waals surface area contributed by atoms with Gasteiger partial charge in [0.2, 0.25) is 10.0 Å². The molecule has 0 saturated carbocycles. The van der Waals surface area contributed by atoms with Crippen LogP contribution in [0.2, 0.25) is 0 Å². The number of aliphatic hydroxyl groups excluding tert-OH is 1. The number of aliphatic hydroxyl groups is 1. The summed E-state index contributed by atoms with van der Waals surface area (Å²) in [4.78, 5) is 2.34. The van der Waals surface area contributed by atoms with Crippen LogP contribution >= 0.6 is 0 Å². The van der Waals surface area contributed by atoms with Crippen LogP contribution in [0.3, 0.4) is 0 Å². The number of sulfonamides is 1. The number of methoxy groups -OCH3 is 1. The van der Waals surface area contributed by atoms with Gasteiger partial charge < -0.3 is 19.3 Å². The van der Waals surface area contributed by atoms with Crippen molar-refractivity contribution < 1.29 is 27.7 Å². The fourth-order valence-corrected chi connectivity index (χ4v) is 5.21.